The Hall–Kier alpha value is -0.905. The Morgan fingerprint density at radius 1 is 1.08 bits per heavy atom. The summed E-state index contributed by atoms with van der Waals surface area (Å²) in [4.78, 5) is 2.34. The zero-order chi connectivity index (χ0) is 17.4. The third-order valence-corrected chi connectivity index (χ3v) is 5.67. The van der Waals surface area contributed by atoms with Crippen LogP contribution in [-0.4, -0.2) is 49.5 Å². The molecule has 3 rings (SSSR count). The van der Waals surface area contributed by atoms with Crippen LogP contribution in [0.3, 0.4) is 0 Å². The van der Waals surface area contributed by atoms with Gasteiger partial charge in [-0.3, -0.25) is 4.39 Å². The lowest BCUT2D eigenvalue weighted by Crippen LogP contribution is -2.47. The van der Waals surface area contributed by atoms with Crippen molar-refractivity contribution in [1.29, 1.82) is 0 Å². The van der Waals surface area contributed by atoms with Gasteiger partial charge in [-0.05, 0) is 57.5 Å². The number of benzene rings is 1. The normalized spacial score (nSPS) is 23.5. The van der Waals surface area contributed by atoms with Crippen LogP contribution < -0.4 is 5.46 Å². The molecule has 2 heterocycles. The lowest BCUT2D eigenvalue weighted by atomic mass is 9.78. The van der Waals surface area contributed by atoms with E-state index in [1.807, 2.05) is 0 Å². The lowest BCUT2D eigenvalue weighted by Gasteiger charge is -2.39. The number of likely N-dealkylation sites (tertiary alicyclic amines) is 1. The molecule has 0 amide bonds. The summed E-state index contributed by atoms with van der Waals surface area (Å²) in [5, 5.41) is 0. The summed E-state index contributed by atoms with van der Waals surface area (Å²) in [6.45, 7) is 11.2. The maximum atomic E-state index is 12.2. The zero-order valence-corrected chi connectivity index (χ0v) is 15.3. The fourth-order valence-electron chi connectivity index (χ4n) is 3.40. The molecule has 2 saturated heterocycles. The predicted octanol–water partition coefficient (Wildman–Crippen LogP) is 2.82. The average Bonchev–Trinajstić information content (AvgIpc) is 2.70. The highest BCUT2D eigenvalue weighted by molar-refractivity contribution is 6.62. The third-order valence-electron chi connectivity index (χ3n) is 5.67. The van der Waals surface area contributed by atoms with E-state index in [-0.39, 0.29) is 25.0 Å². The highest BCUT2D eigenvalue weighted by Crippen LogP contribution is 2.36. The summed E-state index contributed by atoms with van der Waals surface area (Å²) in [5.74, 6) is 0.701. The Kier molecular flexibility index (Phi) is 5.05. The highest BCUT2D eigenvalue weighted by Gasteiger charge is 2.51. The lowest BCUT2D eigenvalue weighted by molar-refractivity contribution is 0.00578. The standard InChI is InChI=1S/C19H29BFNO2/c1-18(2)19(3,4)24-20(23-18)17-8-6-15(7-9-17)12-16-13-22(14-16)11-5-10-21/h6-9,16H,5,10-14H2,1-4H3. The fourth-order valence-corrected chi connectivity index (χ4v) is 3.40. The number of nitrogens with zero attached hydrogens (tertiary/aromatic N) is 1. The molecule has 0 atom stereocenters. The van der Waals surface area contributed by atoms with E-state index in [1.165, 1.54) is 5.56 Å². The molecule has 132 valence electrons. The SMILES string of the molecule is CC1(C)OB(c2ccc(CC3CN(CCCF)C3)cc2)OC1(C)C. The molecule has 1 aromatic rings. The largest absolute Gasteiger partial charge is 0.494 e. The topological polar surface area (TPSA) is 21.7 Å². The van der Waals surface area contributed by atoms with Gasteiger partial charge >= 0.3 is 7.12 Å². The first-order valence-corrected chi connectivity index (χ1v) is 9.03. The number of hydrogen-bond donors (Lipinski definition) is 0. The van der Waals surface area contributed by atoms with Crippen molar-refractivity contribution in [2.45, 2.75) is 51.7 Å². The van der Waals surface area contributed by atoms with Crippen molar-refractivity contribution in [2.75, 3.05) is 26.3 Å². The summed E-state index contributed by atoms with van der Waals surface area (Å²) >= 11 is 0. The van der Waals surface area contributed by atoms with Crippen LogP contribution in [0.1, 0.15) is 39.7 Å². The first-order valence-electron chi connectivity index (χ1n) is 9.03. The van der Waals surface area contributed by atoms with E-state index in [0.29, 0.717) is 12.3 Å². The van der Waals surface area contributed by atoms with Crippen molar-refractivity contribution in [1.82, 2.24) is 4.90 Å². The molecule has 0 radical (unpaired) electrons. The molecule has 2 aliphatic rings. The zero-order valence-electron chi connectivity index (χ0n) is 15.3. The third kappa shape index (κ3) is 3.68. The van der Waals surface area contributed by atoms with Crippen LogP contribution in [0.4, 0.5) is 4.39 Å². The quantitative estimate of drug-likeness (QED) is 0.748. The minimum absolute atomic E-state index is 0.207. The Bertz CT molecular complexity index is 539. The summed E-state index contributed by atoms with van der Waals surface area (Å²) in [5.41, 5.74) is 1.83. The summed E-state index contributed by atoms with van der Waals surface area (Å²) < 4.78 is 24.4. The number of halogens is 1. The Labute approximate surface area is 145 Å². The van der Waals surface area contributed by atoms with E-state index in [2.05, 4.69) is 56.9 Å². The molecule has 2 fully saturated rings. The molecule has 24 heavy (non-hydrogen) atoms. The molecule has 0 spiro atoms. The van der Waals surface area contributed by atoms with Gasteiger partial charge in [0.1, 0.15) is 0 Å². The van der Waals surface area contributed by atoms with Crippen LogP contribution in [0.15, 0.2) is 24.3 Å². The molecule has 0 unspecified atom stereocenters. The Morgan fingerprint density at radius 3 is 2.21 bits per heavy atom. The number of hydrogen-bond acceptors (Lipinski definition) is 3. The fraction of sp³-hybridized carbons (Fsp3) is 0.684. The van der Waals surface area contributed by atoms with E-state index < -0.39 is 0 Å². The summed E-state index contributed by atoms with van der Waals surface area (Å²) in [6.07, 6.45) is 1.76. The van der Waals surface area contributed by atoms with Gasteiger partial charge in [-0.15, -0.1) is 0 Å². The van der Waals surface area contributed by atoms with Crippen LogP contribution in [0.25, 0.3) is 0 Å². The molecule has 2 aliphatic heterocycles. The predicted molar refractivity (Wildman–Crippen MR) is 96.4 cm³/mol. The van der Waals surface area contributed by atoms with Gasteiger partial charge in [-0.25, -0.2) is 0 Å². The minimum Gasteiger partial charge on any atom is -0.399 e. The molecule has 0 aromatic heterocycles. The second kappa shape index (κ2) is 6.78. The van der Waals surface area contributed by atoms with Gasteiger partial charge in [0, 0.05) is 19.6 Å². The Balaban J connectivity index is 1.52. The second-order valence-electron chi connectivity index (χ2n) is 8.20. The van der Waals surface area contributed by atoms with Crippen LogP contribution in [-0.2, 0) is 15.7 Å². The second-order valence-corrected chi connectivity index (χ2v) is 8.20. The van der Waals surface area contributed by atoms with Crippen molar-refractivity contribution in [3.63, 3.8) is 0 Å². The maximum Gasteiger partial charge on any atom is 0.494 e. The van der Waals surface area contributed by atoms with Crippen LogP contribution in [0.5, 0.6) is 0 Å². The minimum atomic E-state index is -0.300. The van der Waals surface area contributed by atoms with E-state index in [0.717, 1.165) is 31.5 Å². The maximum absolute atomic E-state index is 12.2. The average molecular weight is 333 g/mol. The first-order chi connectivity index (χ1) is 11.3. The number of alkyl halides is 1. The number of rotatable bonds is 6. The van der Waals surface area contributed by atoms with Crippen molar-refractivity contribution in [3.05, 3.63) is 29.8 Å². The molecule has 0 aliphatic carbocycles. The molecule has 5 heteroatoms. The summed E-state index contributed by atoms with van der Waals surface area (Å²) in [6, 6.07) is 8.61. The van der Waals surface area contributed by atoms with Gasteiger partial charge in [0.2, 0.25) is 0 Å². The molecule has 0 bridgehead atoms. The van der Waals surface area contributed by atoms with Gasteiger partial charge in [0.05, 0.1) is 17.9 Å². The van der Waals surface area contributed by atoms with Crippen molar-refractivity contribution < 1.29 is 13.7 Å². The van der Waals surface area contributed by atoms with Gasteiger partial charge in [-0.2, -0.15) is 0 Å². The summed E-state index contributed by atoms with van der Waals surface area (Å²) in [7, 11) is -0.288. The molecule has 1 aromatic carbocycles. The van der Waals surface area contributed by atoms with Crippen molar-refractivity contribution >= 4 is 12.6 Å². The van der Waals surface area contributed by atoms with Gasteiger partial charge < -0.3 is 14.2 Å². The van der Waals surface area contributed by atoms with Crippen LogP contribution >= 0.6 is 0 Å². The van der Waals surface area contributed by atoms with E-state index in [9.17, 15) is 4.39 Å². The van der Waals surface area contributed by atoms with Crippen molar-refractivity contribution in [3.8, 4) is 0 Å². The first kappa shape index (κ1) is 17.9. The molecule has 3 nitrogen and oxygen atoms in total. The van der Waals surface area contributed by atoms with E-state index >= 15 is 0 Å². The van der Waals surface area contributed by atoms with Crippen molar-refractivity contribution in [2.24, 2.45) is 5.92 Å². The molecule has 0 N–H and O–H groups in total. The van der Waals surface area contributed by atoms with Crippen LogP contribution in [0.2, 0.25) is 0 Å². The molecular weight excluding hydrogens is 304 g/mol. The van der Waals surface area contributed by atoms with E-state index in [1.54, 1.807) is 0 Å². The highest BCUT2D eigenvalue weighted by atomic mass is 19.1. The van der Waals surface area contributed by atoms with Gasteiger partial charge in [-0.1, -0.05) is 24.3 Å². The molecular formula is C19H29BFNO2. The molecule has 0 saturated carbocycles. The van der Waals surface area contributed by atoms with Crippen LogP contribution in [0, 0.1) is 5.92 Å². The smallest absolute Gasteiger partial charge is 0.399 e. The van der Waals surface area contributed by atoms with E-state index in [4.69, 9.17) is 9.31 Å². The van der Waals surface area contributed by atoms with Gasteiger partial charge in [0.25, 0.3) is 0 Å². The van der Waals surface area contributed by atoms with Gasteiger partial charge in [0.15, 0.2) is 0 Å². The monoisotopic (exact) mass is 333 g/mol. The Morgan fingerprint density at radius 2 is 1.67 bits per heavy atom.